The highest BCUT2D eigenvalue weighted by Crippen LogP contribution is 1.99. The number of carbonyl (C=O) groups is 1. The molecule has 0 aliphatic carbocycles. The normalized spacial score (nSPS) is 17.2. The minimum absolute atomic E-state index is 0.00607. The zero-order valence-electron chi connectivity index (χ0n) is 9.29. The first-order valence-electron chi connectivity index (χ1n) is 5.18. The molecular formula is C10H22N2O2. The average molecular weight is 202 g/mol. The van der Waals surface area contributed by atoms with Crippen LogP contribution in [-0.2, 0) is 4.79 Å². The molecule has 0 spiro atoms. The van der Waals surface area contributed by atoms with Crippen molar-refractivity contribution in [2.24, 2.45) is 5.73 Å². The minimum atomic E-state index is -0.384. The monoisotopic (exact) mass is 202 g/mol. The van der Waals surface area contributed by atoms with Crippen molar-refractivity contribution in [3.05, 3.63) is 0 Å². The van der Waals surface area contributed by atoms with E-state index >= 15 is 0 Å². The third-order valence-electron chi connectivity index (χ3n) is 2.07. The van der Waals surface area contributed by atoms with Gasteiger partial charge in [0.1, 0.15) is 0 Å². The zero-order chi connectivity index (χ0) is 11.1. The second kappa shape index (κ2) is 6.79. The molecule has 0 aromatic carbocycles. The molecule has 0 aromatic heterocycles. The third kappa shape index (κ3) is 6.86. The number of rotatable bonds is 6. The van der Waals surface area contributed by atoms with Crippen molar-refractivity contribution in [1.82, 2.24) is 5.32 Å². The van der Waals surface area contributed by atoms with Crippen LogP contribution in [-0.4, -0.2) is 29.2 Å². The van der Waals surface area contributed by atoms with Gasteiger partial charge in [0.15, 0.2) is 0 Å². The quantitative estimate of drug-likeness (QED) is 0.583. The summed E-state index contributed by atoms with van der Waals surface area (Å²) in [6.45, 7) is 5.54. The first-order chi connectivity index (χ1) is 6.45. The van der Waals surface area contributed by atoms with Gasteiger partial charge in [0.2, 0.25) is 5.91 Å². The van der Waals surface area contributed by atoms with Gasteiger partial charge in [-0.1, -0.05) is 6.92 Å². The summed E-state index contributed by atoms with van der Waals surface area (Å²) < 4.78 is 0. The van der Waals surface area contributed by atoms with Gasteiger partial charge in [-0.3, -0.25) is 4.79 Å². The molecule has 0 aliphatic heterocycles. The van der Waals surface area contributed by atoms with Gasteiger partial charge in [0.05, 0.1) is 6.10 Å². The van der Waals surface area contributed by atoms with Gasteiger partial charge >= 0.3 is 0 Å². The SMILES string of the molecule is CCC(N)CC(=O)NC(C)CC(C)O. The highest BCUT2D eigenvalue weighted by atomic mass is 16.3. The first kappa shape index (κ1) is 13.4. The molecule has 0 saturated heterocycles. The molecule has 0 heterocycles. The number of hydrogen-bond acceptors (Lipinski definition) is 3. The van der Waals surface area contributed by atoms with E-state index in [1.54, 1.807) is 6.92 Å². The van der Waals surface area contributed by atoms with Crippen LogP contribution in [0.4, 0.5) is 0 Å². The number of aliphatic hydroxyl groups is 1. The largest absolute Gasteiger partial charge is 0.393 e. The number of nitrogens with one attached hydrogen (secondary N) is 1. The molecule has 0 saturated carbocycles. The zero-order valence-corrected chi connectivity index (χ0v) is 9.29. The van der Waals surface area contributed by atoms with E-state index in [0.29, 0.717) is 12.8 Å². The van der Waals surface area contributed by atoms with Crippen LogP contribution in [0.1, 0.15) is 40.0 Å². The van der Waals surface area contributed by atoms with E-state index in [1.807, 2.05) is 13.8 Å². The molecule has 84 valence electrons. The maximum absolute atomic E-state index is 11.3. The van der Waals surface area contributed by atoms with Crippen LogP contribution in [0.3, 0.4) is 0 Å². The lowest BCUT2D eigenvalue weighted by Gasteiger charge is -2.16. The van der Waals surface area contributed by atoms with E-state index in [4.69, 9.17) is 10.8 Å². The second-order valence-corrected chi connectivity index (χ2v) is 3.93. The van der Waals surface area contributed by atoms with Crippen LogP contribution in [0.15, 0.2) is 0 Å². The van der Waals surface area contributed by atoms with E-state index in [0.717, 1.165) is 6.42 Å². The van der Waals surface area contributed by atoms with Crippen molar-refractivity contribution in [3.8, 4) is 0 Å². The van der Waals surface area contributed by atoms with Gasteiger partial charge < -0.3 is 16.2 Å². The molecule has 4 heteroatoms. The lowest BCUT2D eigenvalue weighted by Crippen LogP contribution is -2.37. The molecule has 0 fully saturated rings. The van der Waals surface area contributed by atoms with Crippen LogP contribution >= 0.6 is 0 Å². The van der Waals surface area contributed by atoms with E-state index in [2.05, 4.69) is 5.32 Å². The highest BCUT2D eigenvalue weighted by molar-refractivity contribution is 5.76. The van der Waals surface area contributed by atoms with Gasteiger partial charge in [-0.05, 0) is 26.7 Å². The Kier molecular flexibility index (Phi) is 6.49. The molecule has 3 atom stereocenters. The van der Waals surface area contributed by atoms with Gasteiger partial charge in [0, 0.05) is 18.5 Å². The maximum Gasteiger partial charge on any atom is 0.221 e. The fourth-order valence-electron chi connectivity index (χ4n) is 1.29. The summed E-state index contributed by atoms with van der Waals surface area (Å²) in [6.07, 6.45) is 1.36. The van der Waals surface area contributed by atoms with E-state index in [1.165, 1.54) is 0 Å². The Labute approximate surface area is 85.9 Å². The number of nitrogens with two attached hydrogens (primary N) is 1. The molecule has 0 aromatic rings. The smallest absolute Gasteiger partial charge is 0.221 e. The summed E-state index contributed by atoms with van der Waals surface area (Å²) in [4.78, 5) is 11.3. The molecule has 0 radical (unpaired) electrons. The summed E-state index contributed by atoms with van der Waals surface area (Å²) in [5.41, 5.74) is 5.64. The highest BCUT2D eigenvalue weighted by Gasteiger charge is 2.11. The van der Waals surface area contributed by atoms with Crippen molar-refractivity contribution < 1.29 is 9.90 Å². The van der Waals surface area contributed by atoms with Crippen molar-refractivity contribution in [1.29, 1.82) is 0 Å². The first-order valence-corrected chi connectivity index (χ1v) is 5.18. The summed E-state index contributed by atoms with van der Waals surface area (Å²) in [5.74, 6) is -0.0347. The number of amides is 1. The Balaban J connectivity index is 3.71. The third-order valence-corrected chi connectivity index (χ3v) is 2.07. The molecule has 1 amide bonds. The van der Waals surface area contributed by atoms with Crippen LogP contribution in [0.5, 0.6) is 0 Å². The molecule has 0 rings (SSSR count). The molecule has 0 aliphatic rings. The van der Waals surface area contributed by atoms with Crippen LogP contribution < -0.4 is 11.1 Å². The van der Waals surface area contributed by atoms with E-state index in [9.17, 15) is 4.79 Å². The maximum atomic E-state index is 11.3. The van der Waals surface area contributed by atoms with E-state index < -0.39 is 0 Å². The Morgan fingerprint density at radius 3 is 2.50 bits per heavy atom. The molecule has 0 bridgehead atoms. The van der Waals surface area contributed by atoms with Crippen LogP contribution in [0.25, 0.3) is 0 Å². The number of aliphatic hydroxyl groups excluding tert-OH is 1. The summed E-state index contributed by atoms with van der Waals surface area (Å²) in [7, 11) is 0. The lowest BCUT2D eigenvalue weighted by molar-refractivity contribution is -0.122. The van der Waals surface area contributed by atoms with Crippen LogP contribution in [0.2, 0.25) is 0 Å². The second-order valence-electron chi connectivity index (χ2n) is 3.93. The Bertz CT molecular complexity index is 172. The van der Waals surface area contributed by atoms with Gasteiger partial charge in [-0.25, -0.2) is 0 Å². The topological polar surface area (TPSA) is 75.4 Å². The van der Waals surface area contributed by atoms with Crippen molar-refractivity contribution in [3.63, 3.8) is 0 Å². The molecule has 3 unspecified atom stereocenters. The van der Waals surface area contributed by atoms with Gasteiger partial charge in [-0.2, -0.15) is 0 Å². The number of hydrogen-bond donors (Lipinski definition) is 3. The Hall–Kier alpha value is -0.610. The van der Waals surface area contributed by atoms with Crippen molar-refractivity contribution >= 4 is 5.91 Å². The number of carbonyl (C=O) groups excluding carboxylic acids is 1. The van der Waals surface area contributed by atoms with Gasteiger partial charge in [-0.15, -0.1) is 0 Å². The molecule has 14 heavy (non-hydrogen) atoms. The summed E-state index contributed by atoms with van der Waals surface area (Å²) in [5, 5.41) is 11.9. The standard InChI is InChI=1S/C10H22N2O2/c1-4-9(11)6-10(14)12-7(2)5-8(3)13/h7-9,13H,4-6,11H2,1-3H3,(H,12,14). The minimum Gasteiger partial charge on any atom is -0.393 e. The fraction of sp³-hybridized carbons (Fsp3) is 0.900. The predicted octanol–water partition coefficient (Wildman–Crippen LogP) is 0.389. The summed E-state index contributed by atoms with van der Waals surface area (Å²) >= 11 is 0. The Morgan fingerprint density at radius 2 is 2.07 bits per heavy atom. The van der Waals surface area contributed by atoms with Gasteiger partial charge in [0.25, 0.3) is 0 Å². The lowest BCUT2D eigenvalue weighted by atomic mass is 10.1. The summed E-state index contributed by atoms with van der Waals surface area (Å²) in [6, 6.07) is -0.0553. The molecule has 4 nitrogen and oxygen atoms in total. The van der Waals surface area contributed by atoms with Crippen LogP contribution in [0, 0.1) is 0 Å². The predicted molar refractivity (Wildman–Crippen MR) is 56.8 cm³/mol. The van der Waals surface area contributed by atoms with E-state index in [-0.39, 0.29) is 24.1 Å². The van der Waals surface area contributed by atoms with Crippen molar-refractivity contribution in [2.75, 3.05) is 0 Å². The Morgan fingerprint density at radius 1 is 1.50 bits per heavy atom. The molecule has 4 N–H and O–H groups in total. The average Bonchev–Trinajstić information content (AvgIpc) is 2.01. The molecular weight excluding hydrogens is 180 g/mol. The van der Waals surface area contributed by atoms with Crippen molar-refractivity contribution in [2.45, 2.75) is 58.2 Å². The fourth-order valence-corrected chi connectivity index (χ4v) is 1.29.